The van der Waals surface area contributed by atoms with Crippen LogP contribution in [0.3, 0.4) is 0 Å². The van der Waals surface area contributed by atoms with Gasteiger partial charge in [-0.1, -0.05) is 37.3 Å². The number of thiocarbonyl (C=S) groups is 1. The molecule has 6 nitrogen and oxygen atoms in total. The molecule has 1 amide bonds. The molecule has 0 saturated carbocycles. The number of carbonyl (C=O) groups is 2. The zero-order chi connectivity index (χ0) is 26.5. The van der Waals surface area contributed by atoms with Crippen LogP contribution in [0.2, 0.25) is 0 Å². The van der Waals surface area contributed by atoms with Crippen LogP contribution in [0.5, 0.6) is 5.75 Å². The Bertz CT molecular complexity index is 1380. The molecular weight excluding hydrogens is 559 g/mol. The van der Waals surface area contributed by atoms with Gasteiger partial charge in [-0.3, -0.25) is 14.5 Å². The van der Waals surface area contributed by atoms with Crippen molar-refractivity contribution in [3.05, 3.63) is 99.4 Å². The van der Waals surface area contributed by atoms with Crippen LogP contribution >= 0.6 is 28.1 Å². The number of rotatable bonds is 8. The van der Waals surface area contributed by atoms with E-state index in [-0.39, 0.29) is 35.7 Å². The first-order valence-electron chi connectivity index (χ1n) is 11.5. The highest BCUT2D eigenvalue weighted by Gasteiger charge is 2.40. The lowest BCUT2D eigenvalue weighted by atomic mass is 10.1. The summed E-state index contributed by atoms with van der Waals surface area (Å²) in [6, 6.07) is 19.1. The van der Waals surface area contributed by atoms with Crippen LogP contribution in [0.4, 0.5) is 10.1 Å². The highest BCUT2D eigenvalue weighted by atomic mass is 79.9. The van der Waals surface area contributed by atoms with Gasteiger partial charge in [0.25, 0.3) is 5.91 Å². The van der Waals surface area contributed by atoms with Gasteiger partial charge < -0.3 is 14.4 Å². The SMILES string of the molecule is CCc1ccc(N2C(=O)/C(=C/c3ccc(OCc4cccc(F)c4)c(Br)c3)N(CC(=O)OC)C2=S)cc1. The standard InChI is InChI=1S/C28H24BrFN2O4S/c1-3-18-7-10-22(11-8-18)32-27(34)24(31(28(32)37)16-26(33)35-2)15-19-9-12-25(23(29)14-19)36-17-20-5-4-6-21(30)13-20/h4-15H,3,16-17H2,1-2H3/b24-15-. The van der Waals surface area contributed by atoms with E-state index in [9.17, 15) is 14.0 Å². The Hall–Kier alpha value is -3.56. The van der Waals surface area contributed by atoms with E-state index in [0.717, 1.165) is 12.0 Å². The summed E-state index contributed by atoms with van der Waals surface area (Å²) in [5.74, 6) is -0.635. The number of aryl methyl sites for hydroxylation is 1. The van der Waals surface area contributed by atoms with Gasteiger partial charge in [0.1, 0.15) is 30.4 Å². The van der Waals surface area contributed by atoms with Crippen LogP contribution < -0.4 is 9.64 Å². The Labute approximate surface area is 228 Å². The summed E-state index contributed by atoms with van der Waals surface area (Å²) in [7, 11) is 1.29. The van der Waals surface area contributed by atoms with Gasteiger partial charge in [-0.15, -0.1) is 0 Å². The van der Waals surface area contributed by atoms with E-state index in [2.05, 4.69) is 22.9 Å². The lowest BCUT2D eigenvalue weighted by Gasteiger charge is -2.19. The average Bonchev–Trinajstić information content (AvgIpc) is 3.12. The highest BCUT2D eigenvalue weighted by molar-refractivity contribution is 9.10. The predicted molar refractivity (Wildman–Crippen MR) is 147 cm³/mol. The van der Waals surface area contributed by atoms with Crippen LogP contribution in [0.1, 0.15) is 23.6 Å². The number of carbonyl (C=O) groups excluding carboxylic acids is 2. The third-order valence-corrected chi connectivity index (χ3v) is 6.82. The van der Waals surface area contributed by atoms with E-state index in [4.69, 9.17) is 21.7 Å². The molecule has 37 heavy (non-hydrogen) atoms. The smallest absolute Gasteiger partial charge is 0.325 e. The van der Waals surface area contributed by atoms with Crippen LogP contribution in [-0.4, -0.2) is 35.5 Å². The highest BCUT2D eigenvalue weighted by Crippen LogP contribution is 2.32. The zero-order valence-corrected chi connectivity index (χ0v) is 22.6. The second-order valence-electron chi connectivity index (χ2n) is 8.24. The average molecular weight is 583 g/mol. The molecule has 0 spiro atoms. The maximum absolute atomic E-state index is 13.5. The van der Waals surface area contributed by atoms with Gasteiger partial charge >= 0.3 is 5.97 Å². The van der Waals surface area contributed by atoms with E-state index >= 15 is 0 Å². The fourth-order valence-corrected chi connectivity index (χ4v) is 4.67. The number of nitrogens with zero attached hydrogens (tertiary/aromatic N) is 2. The minimum atomic E-state index is -0.522. The maximum atomic E-state index is 13.5. The number of benzene rings is 3. The van der Waals surface area contributed by atoms with Crippen molar-refractivity contribution in [2.45, 2.75) is 20.0 Å². The van der Waals surface area contributed by atoms with Crippen molar-refractivity contribution in [1.29, 1.82) is 0 Å². The van der Waals surface area contributed by atoms with Crippen molar-refractivity contribution in [1.82, 2.24) is 4.90 Å². The summed E-state index contributed by atoms with van der Waals surface area (Å²) in [6.45, 7) is 2.05. The van der Waals surface area contributed by atoms with Crippen molar-refractivity contribution < 1.29 is 23.5 Å². The third-order valence-electron chi connectivity index (χ3n) is 5.80. The Morgan fingerprint density at radius 3 is 2.49 bits per heavy atom. The zero-order valence-electron chi connectivity index (χ0n) is 20.2. The first-order chi connectivity index (χ1) is 17.8. The molecule has 9 heteroatoms. The first-order valence-corrected chi connectivity index (χ1v) is 12.7. The molecule has 4 rings (SSSR count). The Kier molecular flexibility index (Phi) is 8.35. The van der Waals surface area contributed by atoms with Crippen LogP contribution in [0.25, 0.3) is 6.08 Å². The van der Waals surface area contributed by atoms with Crippen molar-refractivity contribution in [2.24, 2.45) is 0 Å². The number of esters is 1. The number of amides is 1. The lowest BCUT2D eigenvalue weighted by Crippen LogP contribution is -2.35. The summed E-state index contributed by atoms with van der Waals surface area (Å²) < 4.78 is 24.7. The number of ether oxygens (including phenoxy) is 2. The predicted octanol–water partition coefficient (Wildman–Crippen LogP) is 5.88. The molecule has 3 aromatic carbocycles. The molecule has 3 aromatic rings. The van der Waals surface area contributed by atoms with E-state index in [1.54, 1.807) is 36.4 Å². The molecule has 190 valence electrons. The number of halogens is 2. The Morgan fingerprint density at radius 2 is 1.84 bits per heavy atom. The van der Waals surface area contributed by atoms with Crippen molar-refractivity contribution in [3.63, 3.8) is 0 Å². The fourth-order valence-electron chi connectivity index (χ4n) is 3.80. The number of methoxy groups -OCH3 is 1. The molecule has 1 aliphatic heterocycles. The molecule has 0 N–H and O–H groups in total. The summed E-state index contributed by atoms with van der Waals surface area (Å²) in [6.07, 6.45) is 2.54. The normalized spacial score (nSPS) is 14.4. The van der Waals surface area contributed by atoms with Gasteiger partial charge in [-0.2, -0.15) is 0 Å². The van der Waals surface area contributed by atoms with Gasteiger partial charge in [0.05, 0.1) is 17.3 Å². The second kappa shape index (κ2) is 11.7. The van der Waals surface area contributed by atoms with Gasteiger partial charge in [-0.25, -0.2) is 4.39 Å². The van der Waals surface area contributed by atoms with Gasteiger partial charge in [-0.05, 0) is 93.7 Å². The van der Waals surface area contributed by atoms with Crippen LogP contribution in [0.15, 0.2) is 76.9 Å². The molecule has 1 fully saturated rings. The first kappa shape index (κ1) is 26.5. The summed E-state index contributed by atoms with van der Waals surface area (Å²) >= 11 is 9.11. The van der Waals surface area contributed by atoms with Gasteiger partial charge in [0.15, 0.2) is 5.11 Å². The molecule has 0 atom stereocenters. The number of hydrogen-bond acceptors (Lipinski definition) is 5. The van der Waals surface area contributed by atoms with E-state index < -0.39 is 5.97 Å². The largest absolute Gasteiger partial charge is 0.488 e. The van der Waals surface area contributed by atoms with Crippen LogP contribution in [0, 0.1) is 5.82 Å². The molecule has 0 unspecified atom stereocenters. The third kappa shape index (κ3) is 6.06. The molecular formula is C28H24BrFN2O4S. The minimum absolute atomic E-state index is 0.194. The molecule has 0 radical (unpaired) electrons. The van der Waals surface area contributed by atoms with E-state index in [1.165, 1.54) is 29.0 Å². The van der Waals surface area contributed by atoms with E-state index in [0.29, 0.717) is 27.0 Å². The summed E-state index contributed by atoms with van der Waals surface area (Å²) in [5.41, 5.74) is 3.39. The summed E-state index contributed by atoms with van der Waals surface area (Å²) in [4.78, 5) is 28.5. The maximum Gasteiger partial charge on any atom is 0.325 e. The topological polar surface area (TPSA) is 59.1 Å². The van der Waals surface area contributed by atoms with Crippen molar-refractivity contribution in [3.8, 4) is 5.75 Å². The van der Waals surface area contributed by atoms with Crippen LogP contribution in [-0.2, 0) is 27.4 Å². The Morgan fingerprint density at radius 1 is 1.08 bits per heavy atom. The van der Waals surface area contributed by atoms with Gasteiger partial charge in [0, 0.05) is 0 Å². The monoisotopic (exact) mass is 582 g/mol. The minimum Gasteiger partial charge on any atom is -0.488 e. The molecule has 1 saturated heterocycles. The number of hydrogen-bond donors (Lipinski definition) is 0. The van der Waals surface area contributed by atoms with Gasteiger partial charge in [0.2, 0.25) is 0 Å². The summed E-state index contributed by atoms with van der Waals surface area (Å²) in [5, 5.41) is 0.194. The van der Waals surface area contributed by atoms with E-state index in [1.807, 2.05) is 24.3 Å². The lowest BCUT2D eigenvalue weighted by molar-refractivity contribution is -0.140. The molecule has 1 heterocycles. The fraction of sp³-hybridized carbons (Fsp3) is 0.179. The van der Waals surface area contributed by atoms with Crippen molar-refractivity contribution >= 4 is 56.9 Å². The quantitative estimate of drug-likeness (QED) is 0.188. The molecule has 0 aliphatic carbocycles. The molecule has 0 aromatic heterocycles. The van der Waals surface area contributed by atoms with Crippen molar-refractivity contribution in [2.75, 3.05) is 18.6 Å². The number of anilines is 1. The Balaban J connectivity index is 1.61. The second-order valence-corrected chi connectivity index (χ2v) is 9.46. The molecule has 1 aliphatic rings. The molecule has 0 bridgehead atoms.